The van der Waals surface area contributed by atoms with Gasteiger partial charge in [0.05, 0.1) is 11.4 Å². The second-order valence-electron chi connectivity index (χ2n) is 3.38. The van der Waals surface area contributed by atoms with E-state index in [0.29, 0.717) is 22.8 Å². The Bertz CT molecular complexity index is 352. The molecule has 0 bridgehead atoms. The van der Waals surface area contributed by atoms with Crippen LogP contribution in [0.25, 0.3) is 0 Å². The molecular formula is C11H15ClN2O. The molecule has 0 aromatic heterocycles. The molecule has 0 saturated carbocycles. The lowest BCUT2D eigenvalue weighted by Gasteiger charge is -2.07. The Labute approximate surface area is 94.6 Å². The van der Waals surface area contributed by atoms with Gasteiger partial charge in [-0.05, 0) is 24.6 Å². The van der Waals surface area contributed by atoms with Crippen LogP contribution in [0, 0.1) is 0 Å². The zero-order valence-corrected chi connectivity index (χ0v) is 9.47. The summed E-state index contributed by atoms with van der Waals surface area (Å²) < 4.78 is 0. The molecule has 1 amide bonds. The quantitative estimate of drug-likeness (QED) is 0.776. The summed E-state index contributed by atoms with van der Waals surface area (Å²) in [6, 6.07) is 5.03. The highest BCUT2D eigenvalue weighted by molar-refractivity contribution is 6.31. The van der Waals surface area contributed by atoms with Gasteiger partial charge >= 0.3 is 0 Å². The van der Waals surface area contributed by atoms with Crippen LogP contribution in [0.5, 0.6) is 0 Å². The molecule has 1 aromatic carbocycles. The molecule has 0 radical (unpaired) electrons. The average molecular weight is 227 g/mol. The zero-order valence-electron chi connectivity index (χ0n) is 8.72. The van der Waals surface area contributed by atoms with Crippen LogP contribution in [0.4, 0.5) is 11.4 Å². The fraction of sp³-hybridized carbons (Fsp3) is 0.364. The predicted octanol–water partition coefficient (Wildman–Crippen LogP) is 3.05. The van der Waals surface area contributed by atoms with Crippen LogP contribution in [-0.2, 0) is 4.79 Å². The average Bonchev–Trinajstić information content (AvgIpc) is 2.19. The number of benzene rings is 1. The minimum atomic E-state index is -0.00845. The molecule has 0 spiro atoms. The van der Waals surface area contributed by atoms with Gasteiger partial charge in [0.1, 0.15) is 0 Å². The number of hydrogen-bond acceptors (Lipinski definition) is 2. The SMILES string of the molecule is CCCCC(=O)Nc1ccc(Cl)cc1N. The number of unbranched alkanes of at least 4 members (excludes halogenated alkanes) is 1. The first-order valence-electron chi connectivity index (χ1n) is 4.98. The lowest BCUT2D eigenvalue weighted by Crippen LogP contribution is -2.12. The number of nitrogen functional groups attached to an aromatic ring is 1. The van der Waals surface area contributed by atoms with Crippen molar-refractivity contribution in [2.45, 2.75) is 26.2 Å². The third-order valence-corrected chi connectivity index (χ3v) is 2.28. The molecule has 0 aliphatic heterocycles. The van der Waals surface area contributed by atoms with E-state index in [1.165, 1.54) is 0 Å². The summed E-state index contributed by atoms with van der Waals surface area (Å²) in [6.07, 6.45) is 2.42. The van der Waals surface area contributed by atoms with Crippen LogP contribution in [0.15, 0.2) is 18.2 Å². The summed E-state index contributed by atoms with van der Waals surface area (Å²) >= 11 is 5.74. The lowest BCUT2D eigenvalue weighted by molar-refractivity contribution is -0.116. The highest BCUT2D eigenvalue weighted by atomic mass is 35.5. The Morgan fingerprint density at radius 3 is 2.87 bits per heavy atom. The molecule has 82 valence electrons. The maximum absolute atomic E-state index is 11.4. The summed E-state index contributed by atoms with van der Waals surface area (Å²) in [7, 11) is 0. The smallest absolute Gasteiger partial charge is 0.224 e. The Kier molecular flexibility index (Phi) is 4.43. The molecule has 0 fully saturated rings. The van der Waals surface area contributed by atoms with E-state index >= 15 is 0 Å². The molecule has 0 atom stereocenters. The number of carbonyl (C=O) groups is 1. The fourth-order valence-corrected chi connectivity index (χ4v) is 1.38. The van der Waals surface area contributed by atoms with Crippen LogP contribution in [-0.4, -0.2) is 5.91 Å². The molecule has 3 nitrogen and oxygen atoms in total. The number of anilines is 2. The van der Waals surface area contributed by atoms with Crippen molar-refractivity contribution in [3.63, 3.8) is 0 Å². The standard InChI is InChI=1S/C11H15ClN2O/c1-2-3-4-11(15)14-10-6-5-8(12)7-9(10)13/h5-7H,2-4,13H2,1H3,(H,14,15). The highest BCUT2D eigenvalue weighted by Gasteiger charge is 2.04. The number of nitrogens with two attached hydrogens (primary N) is 1. The first-order valence-corrected chi connectivity index (χ1v) is 5.36. The van der Waals surface area contributed by atoms with Crippen molar-refractivity contribution in [2.24, 2.45) is 0 Å². The summed E-state index contributed by atoms with van der Waals surface area (Å²) in [5, 5.41) is 3.32. The maximum atomic E-state index is 11.4. The zero-order chi connectivity index (χ0) is 11.3. The van der Waals surface area contributed by atoms with Crippen LogP contribution in [0.3, 0.4) is 0 Å². The molecule has 1 rings (SSSR count). The third-order valence-electron chi connectivity index (χ3n) is 2.05. The van der Waals surface area contributed by atoms with Crippen molar-refractivity contribution >= 4 is 28.9 Å². The molecule has 0 heterocycles. The van der Waals surface area contributed by atoms with E-state index in [2.05, 4.69) is 5.32 Å². The normalized spacial score (nSPS) is 10.0. The third kappa shape index (κ3) is 3.80. The van der Waals surface area contributed by atoms with E-state index in [9.17, 15) is 4.79 Å². The number of carbonyl (C=O) groups excluding carboxylic acids is 1. The van der Waals surface area contributed by atoms with Gasteiger partial charge in [-0.2, -0.15) is 0 Å². The van der Waals surface area contributed by atoms with Gasteiger partial charge in [-0.3, -0.25) is 4.79 Å². The second-order valence-corrected chi connectivity index (χ2v) is 3.82. The Balaban J connectivity index is 2.60. The predicted molar refractivity (Wildman–Crippen MR) is 64.0 cm³/mol. The first-order chi connectivity index (χ1) is 7.13. The van der Waals surface area contributed by atoms with Gasteiger partial charge in [0.15, 0.2) is 0 Å². The van der Waals surface area contributed by atoms with Crippen LogP contribution in [0.1, 0.15) is 26.2 Å². The minimum absolute atomic E-state index is 0.00845. The van der Waals surface area contributed by atoms with Crippen LogP contribution >= 0.6 is 11.6 Å². The summed E-state index contributed by atoms with van der Waals surface area (Å²) in [4.78, 5) is 11.4. The molecule has 0 unspecified atom stereocenters. The summed E-state index contributed by atoms with van der Waals surface area (Å²) in [6.45, 7) is 2.05. The molecule has 0 aliphatic carbocycles. The molecule has 15 heavy (non-hydrogen) atoms. The molecule has 0 saturated heterocycles. The second kappa shape index (κ2) is 5.61. The van der Waals surface area contributed by atoms with E-state index in [1.54, 1.807) is 18.2 Å². The van der Waals surface area contributed by atoms with Crippen LogP contribution in [0.2, 0.25) is 5.02 Å². The maximum Gasteiger partial charge on any atom is 0.224 e. The molecule has 1 aromatic rings. The fourth-order valence-electron chi connectivity index (χ4n) is 1.20. The van der Waals surface area contributed by atoms with E-state index in [0.717, 1.165) is 12.8 Å². The number of halogens is 1. The van der Waals surface area contributed by atoms with Gasteiger partial charge in [-0.1, -0.05) is 24.9 Å². The van der Waals surface area contributed by atoms with E-state index in [4.69, 9.17) is 17.3 Å². The molecular weight excluding hydrogens is 212 g/mol. The lowest BCUT2D eigenvalue weighted by atomic mass is 10.2. The van der Waals surface area contributed by atoms with E-state index in [-0.39, 0.29) is 5.91 Å². The highest BCUT2D eigenvalue weighted by Crippen LogP contribution is 2.22. The van der Waals surface area contributed by atoms with Crippen molar-refractivity contribution in [2.75, 3.05) is 11.1 Å². The van der Waals surface area contributed by atoms with Gasteiger partial charge in [0, 0.05) is 11.4 Å². The Hall–Kier alpha value is -1.22. The van der Waals surface area contributed by atoms with E-state index in [1.807, 2.05) is 6.92 Å². The Morgan fingerprint density at radius 1 is 1.53 bits per heavy atom. The van der Waals surface area contributed by atoms with Crippen LogP contribution < -0.4 is 11.1 Å². The topological polar surface area (TPSA) is 55.1 Å². The monoisotopic (exact) mass is 226 g/mol. The molecule has 0 aliphatic rings. The van der Waals surface area contributed by atoms with Crippen molar-refractivity contribution in [1.29, 1.82) is 0 Å². The van der Waals surface area contributed by atoms with Crippen molar-refractivity contribution in [3.05, 3.63) is 23.2 Å². The van der Waals surface area contributed by atoms with E-state index < -0.39 is 0 Å². The first kappa shape index (κ1) is 11.9. The van der Waals surface area contributed by atoms with Gasteiger partial charge < -0.3 is 11.1 Å². The molecule has 3 N–H and O–H groups in total. The van der Waals surface area contributed by atoms with Crippen molar-refractivity contribution in [3.8, 4) is 0 Å². The van der Waals surface area contributed by atoms with Gasteiger partial charge in [-0.15, -0.1) is 0 Å². The summed E-state index contributed by atoms with van der Waals surface area (Å²) in [5.74, 6) is -0.00845. The minimum Gasteiger partial charge on any atom is -0.397 e. The van der Waals surface area contributed by atoms with Gasteiger partial charge in [0.25, 0.3) is 0 Å². The summed E-state index contributed by atoms with van der Waals surface area (Å²) in [5.41, 5.74) is 6.82. The number of rotatable bonds is 4. The van der Waals surface area contributed by atoms with Gasteiger partial charge in [-0.25, -0.2) is 0 Å². The van der Waals surface area contributed by atoms with Crippen molar-refractivity contribution in [1.82, 2.24) is 0 Å². The van der Waals surface area contributed by atoms with Gasteiger partial charge in [0.2, 0.25) is 5.91 Å². The number of hydrogen-bond donors (Lipinski definition) is 2. The number of nitrogens with one attached hydrogen (secondary N) is 1. The molecule has 4 heteroatoms. The Morgan fingerprint density at radius 2 is 2.27 bits per heavy atom. The largest absolute Gasteiger partial charge is 0.397 e. The number of amides is 1. The van der Waals surface area contributed by atoms with Crippen molar-refractivity contribution < 1.29 is 4.79 Å².